The normalized spacial score (nSPS) is 11.4. The second-order valence-electron chi connectivity index (χ2n) is 6.23. The first-order valence-electron chi connectivity index (χ1n) is 8.88. The van der Waals surface area contributed by atoms with Gasteiger partial charge in [-0.05, 0) is 60.5 Å². The fraction of sp³-hybridized carbons (Fsp3) is 0.318. The molecular weight excluding hydrogens is 376 g/mol. The zero-order valence-electron chi connectivity index (χ0n) is 16.7. The van der Waals surface area contributed by atoms with Crippen molar-refractivity contribution in [2.45, 2.75) is 32.0 Å². The van der Waals surface area contributed by atoms with Crippen molar-refractivity contribution in [3.63, 3.8) is 0 Å². The number of methoxy groups -OCH3 is 1. The molecule has 0 bridgehead atoms. The summed E-state index contributed by atoms with van der Waals surface area (Å²) in [5, 5.41) is 0. The maximum atomic E-state index is 11.0. The number of esters is 1. The molecule has 5 nitrogen and oxygen atoms in total. The molecule has 0 aliphatic carbocycles. The molecule has 0 heterocycles. The molecule has 2 aromatic carbocycles. The monoisotopic (exact) mass is 402 g/mol. The van der Waals surface area contributed by atoms with Gasteiger partial charge in [0.25, 0.3) is 0 Å². The summed E-state index contributed by atoms with van der Waals surface area (Å²) < 4.78 is 21.5. The molecule has 28 heavy (non-hydrogen) atoms. The summed E-state index contributed by atoms with van der Waals surface area (Å²) in [5.41, 5.74) is 1.96. The Morgan fingerprint density at radius 2 is 1.82 bits per heavy atom. The highest BCUT2D eigenvalue weighted by Gasteiger charge is 2.10. The Kier molecular flexibility index (Phi) is 8.26. The van der Waals surface area contributed by atoms with Crippen LogP contribution in [0.5, 0.6) is 17.2 Å². The number of benzene rings is 2. The Morgan fingerprint density at radius 3 is 2.43 bits per heavy atom. The summed E-state index contributed by atoms with van der Waals surface area (Å²) in [4.78, 5) is 12.1. The lowest BCUT2D eigenvalue weighted by Crippen LogP contribution is -2.19. The van der Waals surface area contributed by atoms with Crippen LogP contribution in [0, 0.1) is 6.92 Å². The molecule has 6 heteroatoms. The van der Waals surface area contributed by atoms with Crippen molar-refractivity contribution in [1.82, 2.24) is 0 Å². The van der Waals surface area contributed by atoms with Gasteiger partial charge in [-0.3, -0.25) is 4.79 Å². The SMILES string of the molecule is C=C(COc1ccc(OC)cc1)CSc1ccc(OC(C)OC(C)=O)c(C)c1. The molecule has 0 radical (unpaired) electrons. The van der Waals surface area contributed by atoms with E-state index in [0.29, 0.717) is 12.4 Å². The standard InChI is InChI=1S/C22H26O5S/c1-15(13-25-20-8-6-19(24-5)7-9-20)14-28-21-10-11-22(16(2)12-21)27-18(4)26-17(3)23/h6-12,18H,1,13-14H2,2-5H3. The van der Waals surface area contributed by atoms with Crippen molar-refractivity contribution < 1.29 is 23.7 Å². The number of hydrogen-bond donors (Lipinski definition) is 0. The third-order valence-electron chi connectivity index (χ3n) is 3.72. The van der Waals surface area contributed by atoms with Gasteiger partial charge in [0, 0.05) is 24.5 Å². The van der Waals surface area contributed by atoms with Crippen LogP contribution in [0.2, 0.25) is 0 Å². The molecule has 150 valence electrons. The van der Waals surface area contributed by atoms with Crippen molar-refractivity contribution in [1.29, 1.82) is 0 Å². The van der Waals surface area contributed by atoms with Crippen molar-refractivity contribution in [2.75, 3.05) is 19.5 Å². The molecule has 0 N–H and O–H groups in total. The van der Waals surface area contributed by atoms with Gasteiger partial charge in [0.2, 0.25) is 6.29 Å². The number of carbonyl (C=O) groups is 1. The van der Waals surface area contributed by atoms with Gasteiger partial charge in [0.15, 0.2) is 0 Å². The van der Waals surface area contributed by atoms with Gasteiger partial charge in [-0.15, -0.1) is 11.8 Å². The van der Waals surface area contributed by atoms with E-state index in [4.69, 9.17) is 18.9 Å². The quantitative estimate of drug-likeness (QED) is 0.241. The maximum Gasteiger partial charge on any atom is 0.305 e. The van der Waals surface area contributed by atoms with Crippen LogP contribution in [-0.4, -0.2) is 31.7 Å². The van der Waals surface area contributed by atoms with Gasteiger partial charge in [0.1, 0.15) is 23.9 Å². The molecule has 0 aliphatic rings. The lowest BCUT2D eigenvalue weighted by atomic mass is 10.2. The first kappa shape index (κ1) is 21.7. The third kappa shape index (κ3) is 7.19. The fourth-order valence-electron chi connectivity index (χ4n) is 2.36. The van der Waals surface area contributed by atoms with Crippen LogP contribution in [0.25, 0.3) is 0 Å². The topological polar surface area (TPSA) is 54.0 Å². The highest BCUT2D eigenvalue weighted by Crippen LogP contribution is 2.27. The van der Waals surface area contributed by atoms with E-state index >= 15 is 0 Å². The van der Waals surface area contributed by atoms with Crippen LogP contribution in [0.1, 0.15) is 19.4 Å². The minimum Gasteiger partial charge on any atom is -0.497 e. The molecule has 1 unspecified atom stereocenters. The Labute approximate surface area is 170 Å². The number of ether oxygens (including phenoxy) is 4. The van der Waals surface area contributed by atoms with Gasteiger partial charge in [-0.25, -0.2) is 0 Å². The number of carbonyl (C=O) groups excluding carboxylic acids is 1. The van der Waals surface area contributed by atoms with E-state index in [1.165, 1.54) is 6.92 Å². The van der Waals surface area contributed by atoms with Crippen molar-refractivity contribution in [2.24, 2.45) is 0 Å². The first-order valence-corrected chi connectivity index (χ1v) is 9.86. The van der Waals surface area contributed by atoms with E-state index in [0.717, 1.165) is 33.3 Å². The molecular formula is C22H26O5S. The second-order valence-corrected chi connectivity index (χ2v) is 7.27. The number of aryl methyl sites for hydroxylation is 1. The second kappa shape index (κ2) is 10.7. The molecule has 2 aromatic rings. The van der Waals surface area contributed by atoms with Crippen molar-refractivity contribution in [3.05, 3.63) is 60.2 Å². The van der Waals surface area contributed by atoms with E-state index in [1.54, 1.807) is 25.8 Å². The average Bonchev–Trinajstić information content (AvgIpc) is 2.66. The summed E-state index contributed by atoms with van der Waals surface area (Å²) in [6.45, 7) is 9.55. The van der Waals surface area contributed by atoms with E-state index in [2.05, 4.69) is 6.58 Å². The summed E-state index contributed by atoms with van der Waals surface area (Å²) in [6.07, 6.45) is -0.621. The lowest BCUT2D eigenvalue weighted by Gasteiger charge is -2.16. The van der Waals surface area contributed by atoms with Gasteiger partial charge in [-0.2, -0.15) is 0 Å². The smallest absolute Gasteiger partial charge is 0.305 e. The Bertz CT molecular complexity index is 801. The average molecular weight is 403 g/mol. The Hall–Kier alpha value is -2.60. The summed E-state index contributed by atoms with van der Waals surface area (Å²) in [6, 6.07) is 13.4. The largest absolute Gasteiger partial charge is 0.497 e. The van der Waals surface area contributed by atoms with Crippen molar-refractivity contribution >= 4 is 17.7 Å². The number of thioether (sulfide) groups is 1. The van der Waals surface area contributed by atoms with Crippen LogP contribution < -0.4 is 14.2 Å². The molecule has 0 aliphatic heterocycles. The predicted octanol–water partition coefficient (Wildman–Crippen LogP) is 5.02. The predicted molar refractivity (Wildman–Crippen MR) is 111 cm³/mol. The summed E-state index contributed by atoms with van der Waals surface area (Å²) in [7, 11) is 1.63. The summed E-state index contributed by atoms with van der Waals surface area (Å²) >= 11 is 1.68. The zero-order valence-corrected chi connectivity index (χ0v) is 17.5. The first-order chi connectivity index (χ1) is 13.4. The summed E-state index contributed by atoms with van der Waals surface area (Å²) in [5.74, 6) is 2.66. The molecule has 0 saturated carbocycles. The highest BCUT2D eigenvalue weighted by molar-refractivity contribution is 7.99. The van der Waals surface area contributed by atoms with Crippen LogP contribution in [0.4, 0.5) is 0 Å². The maximum absolute atomic E-state index is 11.0. The van der Waals surface area contributed by atoms with Crippen LogP contribution >= 0.6 is 11.8 Å². The molecule has 0 spiro atoms. The van der Waals surface area contributed by atoms with Gasteiger partial charge < -0.3 is 18.9 Å². The molecule has 1 atom stereocenters. The lowest BCUT2D eigenvalue weighted by molar-refractivity contribution is -0.158. The number of hydrogen-bond acceptors (Lipinski definition) is 6. The fourth-order valence-corrected chi connectivity index (χ4v) is 3.24. The molecule has 0 amide bonds. The molecule has 0 saturated heterocycles. The van der Waals surface area contributed by atoms with Gasteiger partial charge in [-0.1, -0.05) is 6.58 Å². The van der Waals surface area contributed by atoms with Gasteiger partial charge >= 0.3 is 5.97 Å². The minimum atomic E-state index is -0.621. The van der Waals surface area contributed by atoms with Crippen LogP contribution in [0.3, 0.4) is 0 Å². The highest BCUT2D eigenvalue weighted by atomic mass is 32.2. The Balaban J connectivity index is 1.80. The van der Waals surface area contributed by atoms with Crippen molar-refractivity contribution in [3.8, 4) is 17.2 Å². The van der Waals surface area contributed by atoms with E-state index in [-0.39, 0.29) is 5.97 Å². The van der Waals surface area contributed by atoms with E-state index in [9.17, 15) is 4.79 Å². The molecule has 0 fully saturated rings. The third-order valence-corrected chi connectivity index (χ3v) is 4.86. The molecule has 2 rings (SSSR count). The Morgan fingerprint density at radius 1 is 1.14 bits per heavy atom. The van der Waals surface area contributed by atoms with E-state index in [1.807, 2.05) is 49.4 Å². The molecule has 0 aromatic heterocycles. The van der Waals surface area contributed by atoms with Crippen LogP contribution in [0.15, 0.2) is 59.5 Å². The number of rotatable bonds is 10. The zero-order chi connectivity index (χ0) is 20.5. The van der Waals surface area contributed by atoms with Crippen LogP contribution in [-0.2, 0) is 9.53 Å². The van der Waals surface area contributed by atoms with Gasteiger partial charge in [0.05, 0.1) is 7.11 Å². The van der Waals surface area contributed by atoms with E-state index < -0.39 is 6.29 Å². The minimum absolute atomic E-state index is 0.368.